The van der Waals surface area contributed by atoms with Gasteiger partial charge in [0.05, 0.1) is 22.5 Å². The molecule has 24 heavy (non-hydrogen) atoms. The third-order valence-corrected chi connectivity index (χ3v) is 3.97. The van der Waals surface area contributed by atoms with Crippen LogP contribution in [0.2, 0.25) is 0 Å². The number of para-hydroxylation sites is 3. The molecule has 0 spiro atoms. The molecule has 0 bridgehead atoms. The van der Waals surface area contributed by atoms with E-state index in [4.69, 9.17) is 0 Å². The molecule has 124 valence electrons. The van der Waals surface area contributed by atoms with Crippen LogP contribution in [-0.4, -0.2) is 14.5 Å². The standard InChI is InChI=1S/C18H20N4O2/c1-2-11-21-17-10-6-4-8-15(17)20-18(21)13-19-12-14-7-3-5-9-16(14)22(23)24/h3-10,19H,2,11-13H2,1H3. The summed E-state index contributed by atoms with van der Waals surface area (Å²) in [5.41, 5.74) is 2.93. The fraction of sp³-hybridized carbons (Fsp3) is 0.278. The second-order valence-corrected chi connectivity index (χ2v) is 5.66. The molecule has 2 aromatic carbocycles. The zero-order valence-corrected chi connectivity index (χ0v) is 13.6. The van der Waals surface area contributed by atoms with Gasteiger partial charge in [-0.2, -0.15) is 0 Å². The molecule has 6 heteroatoms. The molecular formula is C18H20N4O2. The summed E-state index contributed by atoms with van der Waals surface area (Å²) in [6.45, 7) is 4.05. The van der Waals surface area contributed by atoms with Crippen LogP contribution in [0.25, 0.3) is 11.0 Å². The molecule has 6 nitrogen and oxygen atoms in total. The highest BCUT2D eigenvalue weighted by molar-refractivity contribution is 5.75. The van der Waals surface area contributed by atoms with Crippen molar-refractivity contribution in [2.75, 3.05) is 0 Å². The van der Waals surface area contributed by atoms with Crippen LogP contribution in [0.5, 0.6) is 0 Å². The van der Waals surface area contributed by atoms with Crippen LogP contribution < -0.4 is 5.32 Å². The van der Waals surface area contributed by atoms with Crippen molar-refractivity contribution in [2.45, 2.75) is 33.0 Å². The Morgan fingerprint density at radius 2 is 1.88 bits per heavy atom. The average Bonchev–Trinajstić information content (AvgIpc) is 2.93. The van der Waals surface area contributed by atoms with Crippen molar-refractivity contribution in [1.82, 2.24) is 14.9 Å². The quantitative estimate of drug-likeness (QED) is 0.532. The smallest absolute Gasteiger partial charge is 0.273 e. The van der Waals surface area contributed by atoms with Gasteiger partial charge in [0.15, 0.2) is 0 Å². The fourth-order valence-corrected chi connectivity index (χ4v) is 2.88. The molecule has 1 heterocycles. The number of benzene rings is 2. The molecule has 3 rings (SSSR count). The van der Waals surface area contributed by atoms with E-state index in [-0.39, 0.29) is 10.6 Å². The Morgan fingerprint density at radius 3 is 2.67 bits per heavy atom. The maximum Gasteiger partial charge on any atom is 0.273 e. The Labute approximate surface area is 140 Å². The summed E-state index contributed by atoms with van der Waals surface area (Å²) in [5.74, 6) is 0.955. The number of hydrogen-bond donors (Lipinski definition) is 1. The van der Waals surface area contributed by atoms with Gasteiger partial charge < -0.3 is 9.88 Å². The lowest BCUT2D eigenvalue weighted by Gasteiger charge is -2.09. The van der Waals surface area contributed by atoms with Crippen LogP contribution in [-0.2, 0) is 19.6 Å². The molecule has 0 aliphatic carbocycles. The van der Waals surface area contributed by atoms with E-state index in [1.807, 2.05) is 24.3 Å². The number of nitrogens with zero attached hydrogens (tertiary/aromatic N) is 3. The van der Waals surface area contributed by atoms with Crippen molar-refractivity contribution < 1.29 is 4.92 Å². The predicted octanol–water partition coefficient (Wildman–Crippen LogP) is 3.64. The van der Waals surface area contributed by atoms with E-state index in [2.05, 4.69) is 27.9 Å². The van der Waals surface area contributed by atoms with Crippen LogP contribution in [0.3, 0.4) is 0 Å². The van der Waals surface area contributed by atoms with E-state index >= 15 is 0 Å². The molecule has 0 saturated heterocycles. The number of rotatable bonds is 7. The molecule has 0 atom stereocenters. The van der Waals surface area contributed by atoms with Gasteiger partial charge in [-0.15, -0.1) is 0 Å². The van der Waals surface area contributed by atoms with Crippen LogP contribution in [0, 0.1) is 10.1 Å². The molecule has 1 aromatic heterocycles. The van der Waals surface area contributed by atoms with Crippen molar-refractivity contribution in [3.8, 4) is 0 Å². The van der Waals surface area contributed by atoms with E-state index in [1.165, 1.54) is 6.07 Å². The molecule has 0 saturated carbocycles. The number of fused-ring (bicyclic) bond motifs is 1. The largest absolute Gasteiger partial charge is 0.327 e. The minimum Gasteiger partial charge on any atom is -0.327 e. The molecule has 3 aromatic rings. The first-order valence-electron chi connectivity index (χ1n) is 8.08. The van der Waals surface area contributed by atoms with Crippen molar-refractivity contribution in [1.29, 1.82) is 0 Å². The second kappa shape index (κ2) is 7.23. The SMILES string of the molecule is CCCn1c(CNCc2ccccc2[N+](=O)[O-])nc2ccccc21. The molecular weight excluding hydrogens is 304 g/mol. The van der Waals surface area contributed by atoms with Gasteiger partial charge in [-0.3, -0.25) is 10.1 Å². The summed E-state index contributed by atoms with van der Waals surface area (Å²) in [7, 11) is 0. The zero-order valence-electron chi connectivity index (χ0n) is 13.6. The molecule has 1 N–H and O–H groups in total. The minimum atomic E-state index is -0.344. The number of imidazole rings is 1. The first kappa shape index (κ1) is 16.1. The van der Waals surface area contributed by atoms with Gasteiger partial charge in [0.2, 0.25) is 0 Å². The lowest BCUT2D eigenvalue weighted by atomic mass is 10.2. The highest BCUT2D eigenvalue weighted by Gasteiger charge is 2.13. The van der Waals surface area contributed by atoms with Crippen molar-refractivity contribution >= 4 is 16.7 Å². The third-order valence-electron chi connectivity index (χ3n) is 3.97. The third kappa shape index (κ3) is 3.28. The summed E-state index contributed by atoms with van der Waals surface area (Å²) >= 11 is 0. The maximum absolute atomic E-state index is 11.1. The molecule has 0 fully saturated rings. The molecule has 0 radical (unpaired) electrons. The Kier molecular flexibility index (Phi) is 4.86. The zero-order chi connectivity index (χ0) is 16.9. The Balaban J connectivity index is 1.77. The lowest BCUT2D eigenvalue weighted by Crippen LogP contribution is -2.17. The number of nitro benzene ring substituents is 1. The Hall–Kier alpha value is -2.73. The summed E-state index contributed by atoms with van der Waals surface area (Å²) in [4.78, 5) is 15.4. The molecule has 0 unspecified atom stereocenters. The van der Waals surface area contributed by atoms with Gasteiger partial charge in [0.1, 0.15) is 5.82 Å². The number of aromatic nitrogens is 2. The van der Waals surface area contributed by atoms with Gasteiger partial charge >= 0.3 is 0 Å². The number of aryl methyl sites for hydroxylation is 1. The van der Waals surface area contributed by atoms with Gasteiger partial charge in [-0.05, 0) is 18.6 Å². The highest BCUT2D eigenvalue weighted by atomic mass is 16.6. The van der Waals surface area contributed by atoms with E-state index < -0.39 is 0 Å². The van der Waals surface area contributed by atoms with E-state index in [1.54, 1.807) is 12.1 Å². The monoisotopic (exact) mass is 324 g/mol. The van der Waals surface area contributed by atoms with Crippen molar-refractivity contribution in [3.05, 3.63) is 70.0 Å². The molecule has 0 aliphatic rings. The topological polar surface area (TPSA) is 73.0 Å². The van der Waals surface area contributed by atoms with Crippen molar-refractivity contribution in [2.24, 2.45) is 0 Å². The van der Waals surface area contributed by atoms with Crippen LogP contribution >= 0.6 is 0 Å². The van der Waals surface area contributed by atoms with Gasteiger partial charge in [-0.25, -0.2) is 4.98 Å². The first-order valence-corrected chi connectivity index (χ1v) is 8.08. The van der Waals surface area contributed by atoms with Gasteiger partial charge in [0, 0.05) is 24.7 Å². The van der Waals surface area contributed by atoms with Gasteiger partial charge in [0.25, 0.3) is 5.69 Å². The average molecular weight is 324 g/mol. The summed E-state index contributed by atoms with van der Waals surface area (Å²) in [6.07, 6.45) is 1.03. The Bertz CT molecular complexity index is 857. The van der Waals surface area contributed by atoms with E-state index in [9.17, 15) is 10.1 Å². The second-order valence-electron chi connectivity index (χ2n) is 5.66. The summed E-state index contributed by atoms with van der Waals surface area (Å²) in [5, 5.41) is 14.4. The Morgan fingerprint density at radius 1 is 1.12 bits per heavy atom. The number of nitrogens with one attached hydrogen (secondary N) is 1. The number of nitro groups is 1. The number of hydrogen-bond acceptors (Lipinski definition) is 4. The van der Waals surface area contributed by atoms with Crippen LogP contribution in [0.1, 0.15) is 24.7 Å². The summed E-state index contributed by atoms with van der Waals surface area (Å²) in [6, 6.07) is 14.9. The fourth-order valence-electron chi connectivity index (χ4n) is 2.88. The van der Waals surface area contributed by atoms with E-state index in [0.717, 1.165) is 29.8 Å². The minimum absolute atomic E-state index is 0.145. The van der Waals surface area contributed by atoms with Crippen LogP contribution in [0.4, 0.5) is 5.69 Å². The highest BCUT2D eigenvalue weighted by Crippen LogP contribution is 2.19. The van der Waals surface area contributed by atoms with E-state index in [0.29, 0.717) is 18.7 Å². The van der Waals surface area contributed by atoms with Crippen LogP contribution in [0.15, 0.2) is 48.5 Å². The molecule has 0 amide bonds. The van der Waals surface area contributed by atoms with Crippen molar-refractivity contribution in [3.63, 3.8) is 0 Å². The molecule has 0 aliphatic heterocycles. The normalized spacial score (nSPS) is 11.0. The maximum atomic E-state index is 11.1. The summed E-state index contributed by atoms with van der Waals surface area (Å²) < 4.78 is 2.21. The lowest BCUT2D eigenvalue weighted by molar-refractivity contribution is -0.385. The first-order chi connectivity index (χ1) is 11.7. The predicted molar refractivity (Wildman–Crippen MR) is 93.7 cm³/mol. The van der Waals surface area contributed by atoms with Gasteiger partial charge in [-0.1, -0.05) is 37.3 Å².